The SMILES string of the molecule is CCOc1cc([N+](=O)[O-])cc(C=NNC(=O)C2CC2(c2ccccc2)c2ccccc2)c1O. The first-order valence-electron chi connectivity index (χ1n) is 10.6. The van der Waals surface area contributed by atoms with Crippen LogP contribution in [0.3, 0.4) is 0 Å². The molecule has 0 heterocycles. The number of aromatic hydroxyl groups is 1. The first-order chi connectivity index (χ1) is 16.0. The molecule has 0 bridgehead atoms. The Labute approximate surface area is 190 Å². The zero-order chi connectivity index (χ0) is 23.4. The number of ether oxygens (including phenoxy) is 1. The van der Waals surface area contributed by atoms with Gasteiger partial charge in [0.05, 0.1) is 29.7 Å². The Morgan fingerprint density at radius 3 is 2.33 bits per heavy atom. The Hall–Kier alpha value is -4.20. The number of benzene rings is 3. The van der Waals surface area contributed by atoms with Crippen molar-refractivity contribution < 1.29 is 19.6 Å². The lowest BCUT2D eigenvalue weighted by Gasteiger charge is -2.18. The van der Waals surface area contributed by atoms with Crippen LogP contribution in [0.2, 0.25) is 0 Å². The van der Waals surface area contributed by atoms with Gasteiger partial charge in [-0.3, -0.25) is 14.9 Å². The normalized spacial score (nSPS) is 16.3. The van der Waals surface area contributed by atoms with Crippen LogP contribution >= 0.6 is 0 Å². The zero-order valence-electron chi connectivity index (χ0n) is 18.0. The average molecular weight is 445 g/mol. The Morgan fingerprint density at radius 1 is 1.18 bits per heavy atom. The maximum atomic E-state index is 13.0. The number of carbonyl (C=O) groups is 1. The highest BCUT2D eigenvalue weighted by Crippen LogP contribution is 2.58. The lowest BCUT2D eigenvalue weighted by molar-refractivity contribution is -0.385. The third kappa shape index (κ3) is 4.27. The number of nitro benzene ring substituents is 1. The third-order valence-corrected chi connectivity index (χ3v) is 5.83. The molecule has 33 heavy (non-hydrogen) atoms. The molecule has 0 aliphatic heterocycles. The molecule has 1 atom stereocenters. The fraction of sp³-hybridized carbons (Fsp3) is 0.200. The van der Waals surface area contributed by atoms with Crippen molar-refractivity contribution in [3.05, 3.63) is 99.6 Å². The van der Waals surface area contributed by atoms with E-state index in [1.54, 1.807) is 6.92 Å². The Balaban J connectivity index is 1.56. The summed E-state index contributed by atoms with van der Waals surface area (Å²) >= 11 is 0. The fourth-order valence-corrected chi connectivity index (χ4v) is 4.18. The minimum atomic E-state index is -0.587. The summed E-state index contributed by atoms with van der Waals surface area (Å²) in [4.78, 5) is 23.6. The third-order valence-electron chi connectivity index (χ3n) is 5.83. The summed E-state index contributed by atoms with van der Waals surface area (Å²) in [5, 5.41) is 25.5. The molecule has 1 aliphatic rings. The number of nitrogens with zero attached hydrogens (tertiary/aromatic N) is 2. The monoisotopic (exact) mass is 445 g/mol. The number of hydrogen-bond donors (Lipinski definition) is 2. The first-order valence-corrected chi connectivity index (χ1v) is 10.6. The molecule has 1 saturated carbocycles. The van der Waals surface area contributed by atoms with E-state index in [1.807, 2.05) is 60.7 Å². The van der Waals surface area contributed by atoms with Gasteiger partial charge in [0, 0.05) is 17.0 Å². The minimum Gasteiger partial charge on any atom is -0.504 e. The number of carbonyl (C=O) groups excluding carboxylic acids is 1. The molecule has 8 heteroatoms. The van der Waals surface area contributed by atoms with E-state index in [0.717, 1.165) is 17.2 Å². The van der Waals surface area contributed by atoms with E-state index in [2.05, 4.69) is 10.5 Å². The second kappa shape index (κ2) is 9.12. The molecule has 1 unspecified atom stereocenters. The molecule has 1 amide bonds. The van der Waals surface area contributed by atoms with Crippen LogP contribution in [0, 0.1) is 16.0 Å². The summed E-state index contributed by atoms with van der Waals surface area (Å²) in [6.07, 6.45) is 1.82. The Morgan fingerprint density at radius 2 is 1.79 bits per heavy atom. The van der Waals surface area contributed by atoms with Crippen molar-refractivity contribution in [3.8, 4) is 11.5 Å². The van der Waals surface area contributed by atoms with Crippen molar-refractivity contribution in [3.63, 3.8) is 0 Å². The number of non-ortho nitro benzene ring substituents is 1. The van der Waals surface area contributed by atoms with Crippen molar-refractivity contribution >= 4 is 17.8 Å². The molecular formula is C25H23N3O5. The Kier molecular flexibility index (Phi) is 6.08. The summed E-state index contributed by atoms with van der Waals surface area (Å²) in [5.74, 6) is -0.894. The standard InChI is InChI=1S/C25H23N3O5/c1-2-33-22-14-20(28(31)32)13-17(23(22)29)16-26-27-24(30)21-15-25(21,18-9-5-3-6-10-18)19-11-7-4-8-12-19/h3-14,16,21,29H,2,15H2,1H3,(H,27,30). The van der Waals surface area contributed by atoms with Gasteiger partial charge in [-0.2, -0.15) is 5.10 Å². The maximum absolute atomic E-state index is 13.0. The summed E-state index contributed by atoms with van der Waals surface area (Å²) in [6, 6.07) is 22.0. The first kappa shape index (κ1) is 22.0. The zero-order valence-corrected chi connectivity index (χ0v) is 18.0. The van der Waals surface area contributed by atoms with Crippen molar-refractivity contribution in [1.29, 1.82) is 0 Å². The van der Waals surface area contributed by atoms with E-state index in [9.17, 15) is 20.0 Å². The topological polar surface area (TPSA) is 114 Å². The number of amides is 1. The quantitative estimate of drug-likeness (QED) is 0.307. The smallest absolute Gasteiger partial charge is 0.274 e. The molecule has 1 fully saturated rings. The van der Waals surface area contributed by atoms with Crippen LogP contribution in [-0.2, 0) is 10.2 Å². The number of phenolic OH excluding ortho intramolecular Hbond substituents is 1. The predicted molar refractivity (Wildman–Crippen MR) is 123 cm³/mol. The van der Waals surface area contributed by atoms with Crippen LogP contribution in [0.1, 0.15) is 30.0 Å². The van der Waals surface area contributed by atoms with E-state index >= 15 is 0 Å². The van der Waals surface area contributed by atoms with Crippen molar-refractivity contribution in [2.24, 2.45) is 11.0 Å². The van der Waals surface area contributed by atoms with Crippen LogP contribution in [0.4, 0.5) is 5.69 Å². The van der Waals surface area contributed by atoms with Gasteiger partial charge in [-0.25, -0.2) is 5.43 Å². The van der Waals surface area contributed by atoms with E-state index in [4.69, 9.17) is 4.74 Å². The van der Waals surface area contributed by atoms with Gasteiger partial charge in [0.1, 0.15) is 0 Å². The Bertz CT molecular complexity index is 1160. The van der Waals surface area contributed by atoms with Crippen molar-refractivity contribution in [2.75, 3.05) is 6.61 Å². The van der Waals surface area contributed by atoms with Gasteiger partial charge in [0.25, 0.3) is 5.69 Å². The molecular weight excluding hydrogens is 422 g/mol. The molecule has 1 aliphatic carbocycles. The molecule has 0 aromatic heterocycles. The van der Waals surface area contributed by atoms with Crippen molar-refractivity contribution in [1.82, 2.24) is 5.43 Å². The number of hydrogen-bond acceptors (Lipinski definition) is 6. The van der Waals surface area contributed by atoms with Crippen LogP contribution in [-0.4, -0.2) is 28.8 Å². The lowest BCUT2D eigenvalue weighted by Crippen LogP contribution is -2.25. The predicted octanol–water partition coefficient (Wildman–Crippen LogP) is 4.16. The number of rotatable bonds is 8. The van der Waals surface area contributed by atoms with E-state index < -0.39 is 10.3 Å². The molecule has 0 spiro atoms. The number of hydrazone groups is 1. The van der Waals surface area contributed by atoms with Crippen LogP contribution < -0.4 is 10.2 Å². The van der Waals surface area contributed by atoms with E-state index in [1.165, 1.54) is 12.3 Å². The van der Waals surface area contributed by atoms with Crippen LogP contribution in [0.25, 0.3) is 0 Å². The average Bonchev–Trinajstić information content (AvgIpc) is 3.59. The molecule has 3 aromatic rings. The molecule has 0 saturated heterocycles. The lowest BCUT2D eigenvalue weighted by atomic mass is 9.85. The van der Waals surface area contributed by atoms with Crippen LogP contribution in [0.5, 0.6) is 11.5 Å². The van der Waals surface area contributed by atoms with Crippen LogP contribution in [0.15, 0.2) is 77.9 Å². The highest BCUT2D eigenvalue weighted by Gasteiger charge is 2.60. The second-order valence-corrected chi connectivity index (χ2v) is 7.77. The summed E-state index contributed by atoms with van der Waals surface area (Å²) in [6.45, 7) is 1.93. The highest BCUT2D eigenvalue weighted by atomic mass is 16.6. The fourth-order valence-electron chi connectivity index (χ4n) is 4.18. The van der Waals surface area contributed by atoms with Gasteiger partial charge in [-0.15, -0.1) is 0 Å². The van der Waals surface area contributed by atoms with Gasteiger partial charge in [-0.1, -0.05) is 60.7 Å². The number of phenols is 1. The molecule has 2 N–H and O–H groups in total. The van der Waals surface area contributed by atoms with Crippen molar-refractivity contribution in [2.45, 2.75) is 18.8 Å². The van der Waals surface area contributed by atoms with Gasteiger partial charge < -0.3 is 9.84 Å². The number of nitro groups is 1. The molecule has 0 radical (unpaired) electrons. The summed E-state index contributed by atoms with van der Waals surface area (Å²) < 4.78 is 5.27. The van der Waals surface area contributed by atoms with Gasteiger partial charge >= 0.3 is 0 Å². The summed E-state index contributed by atoms with van der Waals surface area (Å²) in [5.41, 5.74) is 4.02. The van der Waals surface area contributed by atoms with E-state index in [-0.39, 0.29) is 41.2 Å². The molecule has 168 valence electrons. The largest absolute Gasteiger partial charge is 0.504 e. The molecule has 3 aromatic carbocycles. The molecule has 4 rings (SSSR count). The highest BCUT2D eigenvalue weighted by molar-refractivity contribution is 5.89. The molecule has 8 nitrogen and oxygen atoms in total. The second-order valence-electron chi connectivity index (χ2n) is 7.77. The number of nitrogens with one attached hydrogen (secondary N) is 1. The van der Waals surface area contributed by atoms with Gasteiger partial charge in [0.15, 0.2) is 11.5 Å². The van der Waals surface area contributed by atoms with E-state index in [0.29, 0.717) is 6.42 Å². The minimum absolute atomic E-state index is 0.0196. The maximum Gasteiger partial charge on any atom is 0.274 e. The van der Waals surface area contributed by atoms with Gasteiger partial charge in [-0.05, 0) is 24.5 Å². The summed E-state index contributed by atoms with van der Waals surface area (Å²) in [7, 11) is 0. The van der Waals surface area contributed by atoms with Gasteiger partial charge in [0.2, 0.25) is 5.91 Å².